The molecule has 0 radical (unpaired) electrons. The Morgan fingerprint density at radius 2 is 0.484 bits per heavy atom. The first-order chi connectivity index (χ1) is 45.9. The molecule has 0 saturated carbocycles. The molecule has 0 aromatic carbocycles. The van der Waals surface area contributed by atoms with Crippen molar-refractivity contribution < 1.29 is 80.2 Å². The van der Waals surface area contributed by atoms with Crippen LogP contribution in [0.25, 0.3) is 0 Å². The SMILES string of the molecule is CCCCCCCCCCCCCCCCCC(=O)OC[C@H](COP(=O)(O)OC[C@@H](O)COP(=O)(O)OC[C@@H](COC(=O)CCCCCCCCCCCC)OC(=O)CCCCCCCCCCCCCC(C)C)OC(=O)CCCCCCCCCCCCCCCC(C)C. The molecule has 0 heterocycles. The van der Waals surface area contributed by atoms with Crippen molar-refractivity contribution in [2.24, 2.45) is 11.8 Å². The Labute approximate surface area is 581 Å². The minimum atomic E-state index is -4.96. The predicted octanol–water partition coefficient (Wildman–Crippen LogP) is 22.3. The number of aliphatic hydroxyl groups excluding tert-OH is 1. The van der Waals surface area contributed by atoms with Gasteiger partial charge in [0, 0.05) is 25.7 Å². The molecule has 5 atom stereocenters. The highest BCUT2D eigenvalue weighted by atomic mass is 31.2. The summed E-state index contributed by atoms with van der Waals surface area (Å²) in [6, 6.07) is 0. The molecule has 0 bridgehead atoms. The van der Waals surface area contributed by atoms with Crippen molar-refractivity contribution in [3.63, 3.8) is 0 Å². The van der Waals surface area contributed by atoms with Gasteiger partial charge in [-0.1, -0.05) is 343 Å². The van der Waals surface area contributed by atoms with Crippen molar-refractivity contribution in [2.45, 2.75) is 413 Å². The van der Waals surface area contributed by atoms with E-state index in [2.05, 4.69) is 41.5 Å². The number of hydrogen-bond acceptors (Lipinski definition) is 15. The summed E-state index contributed by atoms with van der Waals surface area (Å²) in [7, 11) is -9.91. The first-order valence-electron chi connectivity index (χ1n) is 39.5. The highest BCUT2D eigenvalue weighted by Gasteiger charge is 2.30. The number of phosphoric ester groups is 2. The van der Waals surface area contributed by atoms with Gasteiger partial charge in [0.1, 0.15) is 19.3 Å². The summed E-state index contributed by atoms with van der Waals surface area (Å²) in [5.74, 6) is -0.562. The van der Waals surface area contributed by atoms with Crippen LogP contribution < -0.4 is 0 Å². The number of carbonyl (C=O) groups excluding carboxylic acids is 4. The van der Waals surface area contributed by atoms with E-state index in [1.54, 1.807) is 0 Å². The first-order valence-corrected chi connectivity index (χ1v) is 42.5. The summed E-state index contributed by atoms with van der Waals surface area (Å²) < 4.78 is 68.5. The maximum Gasteiger partial charge on any atom is 0.472 e. The van der Waals surface area contributed by atoms with Crippen molar-refractivity contribution in [1.29, 1.82) is 0 Å². The average molecular weight is 1400 g/mol. The normalized spacial score (nSPS) is 14.0. The molecule has 3 N–H and O–H groups in total. The minimum Gasteiger partial charge on any atom is -0.462 e. The molecule has 0 aliphatic heterocycles. The predicted molar refractivity (Wildman–Crippen MR) is 386 cm³/mol. The molecule has 0 fully saturated rings. The number of esters is 4. The van der Waals surface area contributed by atoms with Gasteiger partial charge in [-0.2, -0.15) is 0 Å². The number of rotatable bonds is 75. The van der Waals surface area contributed by atoms with Gasteiger partial charge < -0.3 is 33.8 Å². The molecule has 19 heteroatoms. The topological polar surface area (TPSA) is 237 Å². The van der Waals surface area contributed by atoms with Crippen molar-refractivity contribution in [1.82, 2.24) is 0 Å². The number of phosphoric acid groups is 2. The van der Waals surface area contributed by atoms with E-state index in [-0.39, 0.29) is 25.7 Å². The average Bonchev–Trinajstić information content (AvgIpc) is 1.46. The number of unbranched alkanes of at least 4 members (excludes halogenated alkanes) is 45. The third-order valence-electron chi connectivity index (χ3n) is 17.7. The monoisotopic (exact) mass is 1400 g/mol. The van der Waals surface area contributed by atoms with Gasteiger partial charge in [-0.3, -0.25) is 37.3 Å². The van der Waals surface area contributed by atoms with Gasteiger partial charge in [-0.15, -0.1) is 0 Å². The molecule has 95 heavy (non-hydrogen) atoms. The molecule has 17 nitrogen and oxygen atoms in total. The van der Waals surface area contributed by atoms with Gasteiger partial charge in [0.25, 0.3) is 0 Å². The van der Waals surface area contributed by atoms with Crippen LogP contribution in [0.1, 0.15) is 395 Å². The van der Waals surface area contributed by atoms with Crippen LogP contribution in [0.3, 0.4) is 0 Å². The first kappa shape index (κ1) is 93.1. The van der Waals surface area contributed by atoms with Crippen LogP contribution in [0.15, 0.2) is 0 Å². The zero-order valence-electron chi connectivity index (χ0n) is 62.0. The lowest BCUT2D eigenvalue weighted by atomic mass is 10.0. The molecule has 0 rings (SSSR count). The van der Waals surface area contributed by atoms with E-state index in [0.717, 1.165) is 102 Å². The molecule has 0 aliphatic rings. The fraction of sp³-hybridized carbons (Fsp3) is 0.947. The van der Waals surface area contributed by atoms with Crippen molar-refractivity contribution >= 4 is 39.5 Å². The lowest BCUT2D eigenvalue weighted by Gasteiger charge is -2.21. The largest absolute Gasteiger partial charge is 0.472 e. The maximum absolute atomic E-state index is 13.1. The van der Waals surface area contributed by atoms with Crippen LogP contribution in [-0.4, -0.2) is 96.7 Å². The summed E-state index contributed by atoms with van der Waals surface area (Å²) in [6.45, 7) is 9.61. The van der Waals surface area contributed by atoms with Crippen LogP contribution in [0.2, 0.25) is 0 Å². The molecule has 0 aromatic rings. The second-order valence-corrected chi connectivity index (χ2v) is 31.3. The second kappa shape index (κ2) is 67.9. The van der Waals surface area contributed by atoms with Gasteiger partial charge >= 0.3 is 39.5 Å². The van der Waals surface area contributed by atoms with Crippen molar-refractivity contribution in [3.05, 3.63) is 0 Å². The number of ether oxygens (including phenoxy) is 4. The van der Waals surface area contributed by atoms with E-state index < -0.39 is 97.5 Å². The van der Waals surface area contributed by atoms with Gasteiger partial charge in [-0.25, -0.2) is 9.13 Å². The Balaban J connectivity index is 5.25. The van der Waals surface area contributed by atoms with Crippen LogP contribution >= 0.6 is 15.6 Å². The smallest absolute Gasteiger partial charge is 0.462 e. The Kier molecular flexibility index (Phi) is 66.5. The lowest BCUT2D eigenvalue weighted by Crippen LogP contribution is -2.30. The highest BCUT2D eigenvalue weighted by Crippen LogP contribution is 2.45. The Morgan fingerprint density at radius 3 is 0.716 bits per heavy atom. The van der Waals surface area contributed by atoms with Gasteiger partial charge in [0.2, 0.25) is 0 Å². The van der Waals surface area contributed by atoms with Crippen LogP contribution in [0, 0.1) is 11.8 Å². The summed E-state index contributed by atoms with van der Waals surface area (Å²) in [5.41, 5.74) is 0. The summed E-state index contributed by atoms with van der Waals surface area (Å²) in [6.07, 6.45) is 55.3. The number of hydrogen-bond donors (Lipinski definition) is 3. The Morgan fingerprint density at radius 1 is 0.284 bits per heavy atom. The third kappa shape index (κ3) is 70.3. The molecule has 0 amide bonds. The molecular formula is C76H148O17P2. The van der Waals surface area contributed by atoms with Crippen LogP contribution in [0.4, 0.5) is 0 Å². The van der Waals surface area contributed by atoms with Gasteiger partial charge in [-0.05, 0) is 37.5 Å². The lowest BCUT2D eigenvalue weighted by molar-refractivity contribution is -0.161. The van der Waals surface area contributed by atoms with Crippen molar-refractivity contribution in [2.75, 3.05) is 39.6 Å². The Bertz CT molecular complexity index is 1840. The zero-order valence-corrected chi connectivity index (χ0v) is 63.8. The van der Waals surface area contributed by atoms with E-state index in [1.807, 2.05) is 0 Å². The van der Waals surface area contributed by atoms with Crippen LogP contribution in [-0.2, 0) is 65.4 Å². The quantitative estimate of drug-likeness (QED) is 0.0222. The fourth-order valence-corrected chi connectivity index (χ4v) is 13.2. The molecule has 0 saturated heterocycles. The number of aliphatic hydroxyl groups is 1. The summed E-state index contributed by atoms with van der Waals surface area (Å²) >= 11 is 0. The van der Waals surface area contributed by atoms with E-state index in [9.17, 15) is 43.2 Å². The molecule has 564 valence electrons. The van der Waals surface area contributed by atoms with Gasteiger partial charge in [0.15, 0.2) is 12.2 Å². The fourth-order valence-electron chi connectivity index (χ4n) is 11.7. The van der Waals surface area contributed by atoms with E-state index in [0.29, 0.717) is 25.7 Å². The highest BCUT2D eigenvalue weighted by molar-refractivity contribution is 7.47. The minimum absolute atomic E-state index is 0.107. The molecule has 2 unspecified atom stereocenters. The molecule has 0 aliphatic carbocycles. The Hall–Kier alpha value is -1.94. The zero-order chi connectivity index (χ0) is 70.0. The standard InChI is InChI=1S/C76H148O17P2/c1-7-9-11-13-15-17-19-20-21-24-29-35-41-47-53-59-74(79)87-65-72(92-75(80)60-54-48-42-36-30-25-22-23-27-32-38-44-50-56-68(3)4)67-91-95(84,85)89-63-70(77)62-88-94(82,83)90-66-71(64-86-73(78)58-52-46-40-34-18-16-14-12-10-8-2)93-76(81)61-55-49-43-37-31-26-28-33-39-45-51-57-69(5)6/h68-72,77H,7-67H2,1-6H3,(H,82,83)(H,84,85)/t70-,71+,72+/m0/s1. The van der Waals surface area contributed by atoms with Crippen LogP contribution in [0.5, 0.6) is 0 Å². The summed E-state index contributed by atoms with van der Waals surface area (Å²) in [4.78, 5) is 72.8. The molecule has 0 spiro atoms. The van der Waals surface area contributed by atoms with Gasteiger partial charge in [0.05, 0.1) is 26.4 Å². The number of carbonyl (C=O) groups is 4. The second-order valence-electron chi connectivity index (χ2n) is 28.3. The van der Waals surface area contributed by atoms with E-state index in [4.69, 9.17) is 37.0 Å². The van der Waals surface area contributed by atoms with E-state index >= 15 is 0 Å². The third-order valence-corrected chi connectivity index (χ3v) is 19.6. The molecule has 0 aromatic heterocycles. The maximum atomic E-state index is 13.1. The van der Waals surface area contributed by atoms with Crippen molar-refractivity contribution in [3.8, 4) is 0 Å². The van der Waals surface area contributed by atoms with E-state index in [1.165, 1.54) is 212 Å². The summed E-state index contributed by atoms with van der Waals surface area (Å²) in [5, 5.41) is 10.6. The molecular weight excluding hydrogens is 1250 g/mol.